The number of rotatable bonds is 5. The van der Waals surface area contributed by atoms with Crippen molar-refractivity contribution in [1.29, 1.82) is 5.26 Å². The summed E-state index contributed by atoms with van der Waals surface area (Å²) in [7, 11) is 1.46. The molecule has 8 nitrogen and oxygen atoms in total. The van der Waals surface area contributed by atoms with Crippen molar-refractivity contribution in [3.05, 3.63) is 46.8 Å². The fraction of sp³-hybridized carbons (Fsp3) is 0.429. The first-order valence-electron chi connectivity index (χ1n) is 9.63. The minimum Gasteiger partial charge on any atom is -0.496 e. The highest BCUT2D eigenvalue weighted by atomic mass is 16.5. The van der Waals surface area contributed by atoms with E-state index in [2.05, 4.69) is 10.5 Å². The average Bonchev–Trinajstić information content (AvgIpc) is 3.46. The van der Waals surface area contributed by atoms with Gasteiger partial charge < -0.3 is 19.5 Å². The molecule has 2 aromatic rings. The lowest BCUT2D eigenvalue weighted by atomic mass is 9.98. The molecule has 3 atom stereocenters. The average molecular weight is 394 g/mol. The van der Waals surface area contributed by atoms with Gasteiger partial charge in [-0.15, -0.1) is 0 Å². The van der Waals surface area contributed by atoms with E-state index in [-0.39, 0.29) is 23.9 Å². The minimum absolute atomic E-state index is 0.0781. The number of aryl methyl sites for hydroxylation is 1. The maximum absolute atomic E-state index is 13.1. The van der Waals surface area contributed by atoms with Crippen LogP contribution in [0.3, 0.4) is 0 Å². The maximum Gasteiger partial charge on any atom is 0.276 e. The Kier molecular flexibility index (Phi) is 4.97. The zero-order chi connectivity index (χ0) is 20.5. The van der Waals surface area contributed by atoms with Crippen LogP contribution in [0.1, 0.15) is 51.2 Å². The van der Waals surface area contributed by atoms with E-state index in [9.17, 15) is 9.59 Å². The van der Waals surface area contributed by atoms with Gasteiger partial charge in [-0.1, -0.05) is 5.16 Å². The third kappa shape index (κ3) is 3.33. The van der Waals surface area contributed by atoms with Gasteiger partial charge in [0, 0.05) is 18.2 Å². The highest BCUT2D eigenvalue weighted by Crippen LogP contribution is 2.43. The molecular weight excluding hydrogens is 372 g/mol. The molecule has 1 aromatic heterocycles. The van der Waals surface area contributed by atoms with E-state index >= 15 is 0 Å². The number of likely N-dealkylation sites (tertiary alicyclic amines) is 1. The Balaban J connectivity index is 1.50. The number of nitrogens with zero attached hydrogens (tertiary/aromatic N) is 3. The van der Waals surface area contributed by atoms with Crippen molar-refractivity contribution in [3.63, 3.8) is 0 Å². The molecule has 0 radical (unpaired) electrons. The van der Waals surface area contributed by atoms with E-state index in [1.165, 1.54) is 19.4 Å². The Morgan fingerprint density at radius 2 is 2.24 bits per heavy atom. The predicted molar refractivity (Wildman–Crippen MR) is 102 cm³/mol. The van der Waals surface area contributed by atoms with Crippen molar-refractivity contribution < 1.29 is 18.8 Å². The van der Waals surface area contributed by atoms with Crippen LogP contribution in [0.25, 0.3) is 0 Å². The molecular formula is C21H22N4O4. The number of fused-ring (bicyclic) bond motifs is 2. The highest BCUT2D eigenvalue weighted by Gasteiger charge is 2.48. The second-order valence-electron chi connectivity index (χ2n) is 7.59. The fourth-order valence-electron chi connectivity index (χ4n) is 4.53. The third-order valence-corrected chi connectivity index (χ3v) is 5.97. The van der Waals surface area contributed by atoms with Crippen LogP contribution in [0.4, 0.5) is 0 Å². The van der Waals surface area contributed by atoms with Crippen molar-refractivity contribution in [2.45, 2.75) is 38.3 Å². The van der Waals surface area contributed by atoms with E-state index < -0.39 is 0 Å². The zero-order valence-electron chi connectivity index (χ0n) is 16.3. The third-order valence-electron chi connectivity index (χ3n) is 5.97. The van der Waals surface area contributed by atoms with Gasteiger partial charge in [0.05, 0.1) is 30.3 Å². The summed E-state index contributed by atoms with van der Waals surface area (Å²) in [5, 5.41) is 15.8. The van der Waals surface area contributed by atoms with Crippen LogP contribution in [0, 0.1) is 24.2 Å². The zero-order valence-corrected chi connectivity index (χ0v) is 16.3. The molecule has 1 aromatic carbocycles. The van der Waals surface area contributed by atoms with Gasteiger partial charge in [0.1, 0.15) is 12.0 Å². The topological polar surface area (TPSA) is 108 Å². The van der Waals surface area contributed by atoms with Gasteiger partial charge in [0.15, 0.2) is 5.69 Å². The number of nitriles is 1. The Morgan fingerprint density at radius 1 is 1.41 bits per heavy atom. The Hall–Kier alpha value is -3.34. The van der Waals surface area contributed by atoms with Crippen molar-refractivity contribution in [2.24, 2.45) is 5.92 Å². The SMILES string of the molecule is COc1cc(C#N)ccc1C(=O)NC[C@@H]1[C@H]2CC[C@H](C2)N1C(=O)c1nocc1C. The summed E-state index contributed by atoms with van der Waals surface area (Å²) in [6.07, 6.45) is 4.44. The number of ether oxygens (including phenoxy) is 1. The van der Waals surface area contributed by atoms with E-state index in [1.54, 1.807) is 19.1 Å². The second-order valence-corrected chi connectivity index (χ2v) is 7.59. The molecule has 8 heteroatoms. The Bertz CT molecular complexity index is 993. The molecule has 1 N–H and O–H groups in total. The number of methoxy groups -OCH3 is 1. The number of nitrogens with one attached hydrogen (secondary N) is 1. The van der Waals surface area contributed by atoms with Gasteiger partial charge >= 0.3 is 0 Å². The van der Waals surface area contributed by atoms with Gasteiger partial charge in [-0.05, 0) is 50.3 Å². The lowest BCUT2D eigenvalue weighted by molar-refractivity contribution is 0.0571. The summed E-state index contributed by atoms with van der Waals surface area (Å²) in [4.78, 5) is 27.7. The van der Waals surface area contributed by atoms with Gasteiger partial charge in [0.25, 0.3) is 11.8 Å². The molecule has 2 fully saturated rings. The molecule has 1 aliphatic carbocycles. The number of amides is 2. The van der Waals surface area contributed by atoms with Gasteiger partial charge in [0.2, 0.25) is 0 Å². The van der Waals surface area contributed by atoms with E-state index in [1.807, 2.05) is 11.0 Å². The number of hydrogen-bond donors (Lipinski definition) is 1. The lowest BCUT2D eigenvalue weighted by Crippen LogP contribution is -2.50. The normalized spacial score (nSPS) is 22.4. The summed E-state index contributed by atoms with van der Waals surface area (Å²) < 4.78 is 10.2. The summed E-state index contributed by atoms with van der Waals surface area (Å²) in [6, 6.07) is 6.82. The first kappa shape index (κ1) is 19.0. The van der Waals surface area contributed by atoms with Crippen LogP contribution in [-0.4, -0.2) is 47.6 Å². The molecule has 150 valence electrons. The number of piperidine rings is 1. The van der Waals surface area contributed by atoms with Crippen LogP contribution in [0.15, 0.2) is 29.0 Å². The Labute approximate surface area is 168 Å². The van der Waals surface area contributed by atoms with Crippen molar-refractivity contribution in [2.75, 3.05) is 13.7 Å². The number of aromatic nitrogens is 1. The lowest BCUT2D eigenvalue weighted by Gasteiger charge is -2.35. The van der Waals surface area contributed by atoms with Crippen LogP contribution in [0.2, 0.25) is 0 Å². The molecule has 2 amide bonds. The monoisotopic (exact) mass is 394 g/mol. The van der Waals surface area contributed by atoms with E-state index in [0.717, 1.165) is 19.3 Å². The number of carbonyl (C=O) groups excluding carboxylic acids is 2. The molecule has 2 aliphatic rings. The predicted octanol–water partition coefficient (Wildman–Crippen LogP) is 2.29. The number of benzene rings is 1. The largest absolute Gasteiger partial charge is 0.496 e. The molecule has 2 bridgehead atoms. The van der Waals surface area contributed by atoms with Crippen LogP contribution >= 0.6 is 0 Å². The first-order valence-corrected chi connectivity index (χ1v) is 9.63. The number of hydrogen-bond acceptors (Lipinski definition) is 6. The van der Waals surface area contributed by atoms with Gasteiger partial charge in [-0.25, -0.2) is 0 Å². The van der Waals surface area contributed by atoms with Crippen molar-refractivity contribution >= 4 is 11.8 Å². The summed E-state index contributed by atoms with van der Waals surface area (Å²) >= 11 is 0. The molecule has 1 saturated heterocycles. The minimum atomic E-state index is -0.292. The molecule has 1 aliphatic heterocycles. The summed E-state index contributed by atoms with van der Waals surface area (Å²) in [5.74, 6) is 0.276. The molecule has 0 spiro atoms. The Morgan fingerprint density at radius 3 is 2.93 bits per heavy atom. The highest BCUT2D eigenvalue weighted by molar-refractivity contribution is 5.97. The second kappa shape index (κ2) is 7.59. The van der Waals surface area contributed by atoms with Crippen molar-refractivity contribution in [3.8, 4) is 11.8 Å². The maximum atomic E-state index is 13.1. The van der Waals surface area contributed by atoms with Crippen molar-refractivity contribution in [1.82, 2.24) is 15.4 Å². The number of carbonyl (C=O) groups is 2. The van der Waals surface area contributed by atoms with Gasteiger partial charge in [-0.3, -0.25) is 9.59 Å². The summed E-state index contributed by atoms with van der Waals surface area (Å²) in [5.41, 5.74) is 1.83. The quantitative estimate of drug-likeness (QED) is 0.833. The molecule has 0 unspecified atom stereocenters. The summed E-state index contributed by atoms with van der Waals surface area (Å²) in [6.45, 7) is 2.15. The molecule has 1 saturated carbocycles. The molecule has 2 heterocycles. The van der Waals surface area contributed by atoms with E-state index in [0.29, 0.717) is 40.6 Å². The van der Waals surface area contributed by atoms with Gasteiger partial charge in [-0.2, -0.15) is 5.26 Å². The first-order chi connectivity index (χ1) is 14.0. The van der Waals surface area contributed by atoms with Crippen LogP contribution in [0.5, 0.6) is 5.75 Å². The van der Waals surface area contributed by atoms with E-state index in [4.69, 9.17) is 14.5 Å². The smallest absolute Gasteiger partial charge is 0.276 e. The molecule has 4 rings (SSSR count). The fourth-order valence-corrected chi connectivity index (χ4v) is 4.53. The van der Waals surface area contributed by atoms with Crippen LogP contribution < -0.4 is 10.1 Å². The van der Waals surface area contributed by atoms with Crippen LogP contribution in [-0.2, 0) is 0 Å². The standard InChI is InChI=1S/C21H22N4O4/c1-12-11-29-24-19(12)21(27)25-15-5-4-14(8-15)17(25)10-23-20(26)16-6-3-13(9-22)7-18(16)28-2/h3,6-7,11,14-15,17H,4-5,8,10H2,1-2H3,(H,23,26)/t14-,15+,17+/m0/s1. The molecule has 29 heavy (non-hydrogen) atoms.